The van der Waals surface area contributed by atoms with Gasteiger partial charge in [0.25, 0.3) is 0 Å². The summed E-state index contributed by atoms with van der Waals surface area (Å²) in [4.78, 5) is 17.4. The van der Waals surface area contributed by atoms with Crippen LogP contribution in [0.1, 0.15) is 18.4 Å². The van der Waals surface area contributed by atoms with E-state index in [0.717, 1.165) is 16.5 Å². The lowest BCUT2D eigenvalue weighted by Gasteiger charge is -2.31. The second-order valence-corrected chi connectivity index (χ2v) is 9.49. The minimum absolute atomic E-state index is 0.0869. The summed E-state index contributed by atoms with van der Waals surface area (Å²) in [5.41, 5.74) is 2.04. The second kappa shape index (κ2) is 8.93. The number of para-hydroxylation sites is 1. The molecule has 0 bridgehead atoms. The molecule has 2 aromatic carbocycles. The van der Waals surface area contributed by atoms with Crippen LogP contribution in [-0.4, -0.2) is 43.2 Å². The normalized spacial score (nSPS) is 17.7. The average Bonchev–Trinajstić information content (AvgIpc) is 2.80. The molecule has 1 unspecified atom stereocenters. The predicted octanol–water partition coefficient (Wildman–Crippen LogP) is 2.99. The molecule has 2 heterocycles. The van der Waals surface area contributed by atoms with Crippen LogP contribution in [0.5, 0.6) is 0 Å². The van der Waals surface area contributed by atoms with E-state index in [2.05, 4.69) is 10.3 Å². The molecular weight excluding hydrogens is 398 g/mol. The predicted molar refractivity (Wildman–Crippen MR) is 116 cm³/mol. The highest BCUT2D eigenvalue weighted by Gasteiger charge is 2.33. The number of nitrogens with one attached hydrogen (secondary N) is 1. The molecule has 1 saturated heterocycles. The molecule has 0 radical (unpaired) electrons. The largest absolute Gasteiger partial charge is 0.355 e. The summed E-state index contributed by atoms with van der Waals surface area (Å²) in [6.45, 7) is 1.16. The van der Waals surface area contributed by atoms with Crippen molar-refractivity contribution in [2.75, 3.05) is 19.6 Å². The van der Waals surface area contributed by atoms with E-state index in [1.807, 2.05) is 30.3 Å². The number of benzene rings is 2. The van der Waals surface area contributed by atoms with Crippen molar-refractivity contribution in [1.82, 2.24) is 14.6 Å². The topological polar surface area (TPSA) is 79.4 Å². The average molecular weight is 424 g/mol. The van der Waals surface area contributed by atoms with Crippen LogP contribution in [-0.2, 0) is 21.2 Å². The van der Waals surface area contributed by atoms with Crippen LogP contribution in [0, 0.1) is 5.92 Å². The summed E-state index contributed by atoms with van der Waals surface area (Å²) >= 11 is 0. The lowest BCUT2D eigenvalue weighted by molar-refractivity contribution is -0.126. The minimum atomic E-state index is -3.57. The number of carbonyl (C=O) groups excluding carboxylic acids is 1. The fourth-order valence-corrected chi connectivity index (χ4v) is 5.49. The van der Waals surface area contributed by atoms with E-state index in [-0.39, 0.29) is 23.3 Å². The van der Waals surface area contributed by atoms with Crippen molar-refractivity contribution in [3.63, 3.8) is 0 Å². The van der Waals surface area contributed by atoms with E-state index in [1.165, 1.54) is 4.31 Å². The second-order valence-electron chi connectivity index (χ2n) is 7.55. The molecule has 156 valence electrons. The summed E-state index contributed by atoms with van der Waals surface area (Å²) in [5.74, 6) is -0.418. The zero-order chi connectivity index (χ0) is 21.0. The summed E-state index contributed by atoms with van der Waals surface area (Å²) in [7, 11) is -3.57. The minimum Gasteiger partial charge on any atom is -0.355 e. The number of carbonyl (C=O) groups is 1. The van der Waals surface area contributed by atoms with Gasteiger partial charge in [-0.15, -0.1) is 0 Å². The molecule has 0 aliphatic carbocycles. The Morgan fingerprint density at radius 2 is 1.87 bits per heavy atom. The number of fused-ring (bicyclic) bond motifs is 1. The summed E-state index contributed by atoms with van der Waals surface area (Å²) < 4.78 is 27.2. The molecule has 3 aromatic rings. The molecule has 6 nitrogen and oxygen atoms in total. The Kier molecular flexibility index (Phi) is 6.11. The first-order valence-electron chi connectivity index (χ1n) is 10.2. The number of nitrogens with zero attached hydrogens (tertiary/aromatic N) is 2. The lowest BCUT2D eigenvalue weighted by atomic mass is 9.98. The number of aromatic nitrogens is 1. The Balaban J connectivity index is 1.37. The highest BCUT2D eigenvalue weighted by Crippen LogP contribution is 2.24. The van der Waals surface area contributed by atoms with Crippen molar-refractivity contribution >= 4 is 26.8 Å². The fourth-order valence-electron chi connectivity index (χ4n) is 3.95. The van der Waals surface area contributed by atoms with Crippen LogP contribution in [0.4, 0.5) is 0 Å². The Bertz CT molecular complexity index is 1130. The van der Waals surface area contributed by atoms with Gasteiger partial charge in [-0.25, -0.2) is 8.42 Å². The van der Waals surface area contributed by atoms with E-state index < -0.39 is 10.0 Å². The van der Waals surface area contributed by atoms with E-state index in [4.69, 9.17) is 0 Å². The molecule has 0 saturated carbocycles. The fraction of sp³-hybridized carbons (Fsp3) is 0.304. The van der Waals surface area contributed by atoms with Crippen molar-refractivity contribution < 1.29 is 13.2 Å². The van der Waals surface area contributed by atoms with Crippen molar-refractivity contribution in [3.05, 3.63) is 72.4 Å². The van der Waals surface area contributed by atoms with Gasteiger partial charge >= 0.3 is 0 Å². The number of amides is 1. The van der Waals surface area contributed by atoms with Gasteiger partial charge < -0.3 is 5.32 Å². The third kappa shape index (κ3) is 4.37. The maximum absolute atomic E-state index is 12.9. The first kappa shape index (κ1) is 20.5. The third-order valence-electron chi connectivity index (χ3n) is 5.55. The molecule has 4 rings (SSSR count). The summed E-state index contributed by atoms with van der Waals surface area (Å²) in [5, 5.41) is 4.07. The van der Waals surface area contributed by atoms with Crippen LogP contribution in [0.25, 0.3) is 10.9 Å². The molecule has 1 aliphatic rings. The Hall–Kier alpha value is -2.77. The van der Waals surface area contributed by atoms with Gasteiger partial charge in [0.05, 0.1) is 16.3 Å². The number of piperidine rings is 1. The van der Waals surface area contributed by atoms with E-state index in [1.54, 1.807) is 36.5 Å². The zero-order valence-corrected chi connectivity index (χ0v) is 17.5. The quantitative estimate of drug-likeness (QED) is 0.661. The first-order chi connectivity index (χ1) is 14.6. The number of hydrogen-bond donors (Lipinski definition) is 1. The van der Waals surface area contributed by atoms with Crippen molar-refractivity contribution in [3.8, 4) is 0 Å². The van der Waals surface area contributed by atoms with E-state index >= 15 is 0 Å². The van der Waals surface area contributed by atoms with Gasteiger partial charge in [-0.2, -0.15) is 4.31 Å². The summed E-state index contributed by atoms with van der Waals surface area (Å²) in [6, 6.07) is 18.4. The molecule has 7 heteroatoms. The number of sulfonamides is 1. The monoisotopic (exact) mass is 423 g/mol. The van der Waals surface area contributed by atoms with Gasteiger partial charge in [-0.05, 0) is 43.0 Å². The molecule has 1 N–H and O–H groups in total. The lowest BCUT2D eigenvalue weighted by Crippen LogP contribution is -2.45. The third-order valence-corrected chi connectivity index (χ3v) is 7.43. The molecular formula is C23H25N3O3S. The number of rotatable bonds is 6. The van der Waals surface area contributed by atoms with E-state index in [0.29, 0.717) is 32.4 Å². The van der Waals surface area contributed by atoms with E-state index in [9.17, 15) is 13.2 Å². The van der Waals surface area contributed by atoms with Crippen molar-refractivity contribution in [1.29, 1.82) is 0 Å². The van der Waals surface area contributed by atoms with Crippen molar-refractivity contribution in [2.24, 2.45) is 5.92 Å². The maximum atomic E-state index is 12.9. The Labute approximate surface area is 177 Å². The number of hydrogen-bond acceptors (Lipinski definition) is 4. The van der Waals surface area contributed by atoms with Crippen LogP contribution >= 0.6 is 0 Å². The molecule has 1 aliphatic heterocycles. The zero-order valence-electron chi connectivity index (χ0n) is 16.7. The molecule has 0 spiro atoms. The van der Waals surface area contributed by atoms with Crippen molar-refractivity contribution in [2.45, 2.75) is 24.2 Å². The van der Waals surface area contributed by atoms with Gasteiger partial charge in [0, 0.05) is 31.2 Å². The molecule has 1 amide bonds. The molecule has 1 atom stereocenters. The van der Waals surface area contributed by atoms with Gasteiger partial charge in [-0.3, -0.25) is 9.78 Å². The molecule has 30 heavy (non-hydrogen) atoms. The smallest absolute Gasteiger partial charge is 0.243 e. The molecule has 1 fully saturated rings. The van der Waals surface area contributed by atoms with Gasteiger partial charge in [0.1, 0.15) is 0 Å². The van der Waals surface area contributed by atoms with Gasteiger partial charge in [-0.1, -0.05) is 42.5 Å². The van der Waals surface area contributed by atoms with Crippen LogP contribution in [0.15, 0.2) is 71.8 Å². The Morgan fingerprint density at radius 1 is 1.07 bits per heavy atom. The van der Waals surface area contributed by atoms with Crippen LogP contribution in [0.2, 0.25) is 0 Å². The number of pyridine rings is 1. The first-order valence-corrected chi connectivity index (χ1v) is 11.7. The van der Waals surface area contributed by atoms with Crippen LogP contribution in [0.3, 0.4) is 0 Å². The Morgan fingerprint density at radius 3 is 2.70 bits per heavy atom. The summed E-state index contributed by atoms with van der Waals surface area (Å²) in [6.07, 6.45) is 3.83. The molecule has 1 aromatic heterocycles. The SMILES string of the molecule is O=C(NCCc1cccc2cccnc12)C1CCCN(S(=O)(=O)c2ccccc2)C1. The standard InChI is InChI=1S/C23H25N3O3S/c27-23(25-15-13-19-8-4-7-18-9-5-14-24-22(18)19)20-10-6-16-26(17-20)30(28,29)21-11-2-1-3-12-21/h1-5,7-9,11-12,14,20H,6,10,13,15-17H2,(H,25,27). The van der Waals surface area contributed by atoms with Gasteiger partial charge in [0.2, 0.25) is 15.9 Å². The van der Waals surface area contributed by atoms with Crippen LogP contribution < -0.4 is 5.32 Å². The highest BCUT2D eigenvalue weighted by atomic mass is 32.2. The maximum Gasteiger partial charge on any atom is 0.243 e. The highest BCUT2D eigenvalue weighted by molar-refractivity contribution is 7.89. The van der Waals surface area contributed by atoms with Gasteiger partial charge in [0.15, 0.2) is 0 Å².